The van der Waals surface area contributed by atoms with Crippen molar-refractivity contribution in [2.75, 3.05) is 4.31 Å². The van der Waals surface area contributed by atoms with Gasteiger partial charge >= 0.3 is 16.1 Å². The van der Waals surface area contributed by atoms with Gasteiger partial charge in [0.15, 0.2) is 0 Å². The highest BCUT2D eigenvalue weighted by atomic mass is 32.2. The normalized spacial score (nSPS) is 11.7. The van der Waals surface area contributed by atoms with Crippen LogP contribution in [0, 0.1) is 13.8 Å². The molecule has 0 aliphatic rings. The van der Waals surface area contributed by atoms with E-state index < -0.39 is 26.2 Å². The monoisotopic (exact) mass is 460 g/mol. The average Bonchev–Trinajstić information content (AvgIpc) is 2.73. The number of rotatable bonds is 6. The number of hydrogen-bond donors (Lipinski definition) is 1. The third kappa shape index (κ3) is 5.10. The van der Waals surface area contributed by atoms with Crippen molar-refractivity contribution in [2.45, 2.75) is 23.6 Å². The van der Waals surface area contributed by atoms with Gasteiger partial charge in [0.2, 0.25) is 0 Å². The Morgan fingerprint density at radius 1 is 0.774 bits per heavy atom. The summed E-state index contributed by atoms with van der Waals surface area (Å²) in [4.78, 5) is 12.5. The van der Waals surface area contributed by atoms with Crippen LogP contribution in [0.2, 0.25) is 0 Å². The van der Waals surface area contributed by atoms with Crippen LogP contribution in [0.4, 0.5) is 10.5 Å². The van der Waals surface area contributed by atoms with E-state index in [2.05, 4.69) is 4.28 Å². The van der Waals surface area contributed by atoms with Gasteiger partial charge in [0.25, 0.3) is 10.0 Å². The predicted octanol–water partition coefficient (Wildman–Crippen LogP) is 3.53. The summed E-state index contributed by atoms with van der Waals surface area (Å²) >= 11 is 0. The summed E-state index contributed by atoms with van der Waals surface area (Å²) < 4.78 is 56.3. The van der Waals surface area contributed by atoms with Gasteiger partial charge in [0.1, 0.15) is 0 Å². The van der Waals surface area contributed by atoms with E-state index in [0.717, 1.165) is 5.56 Å². The van der Waals surface area contributed by atoms with Gasteiger partial charge in [0, 0.05) is 0 Å². The zero-order chi connectivity index (χ0) is 22.6. The number of aryl methyl sites for hydroxylation is 2. The second-order valence-corrected chi connectivity index (χ2v) is 10.0. The van der Waals surface area contributed by atoms with Crippen molar-refractivity contribution in [3.05, 3.63) is 90.0 Å². The molecule has 0 spiro atoms. The zero-order valence-corrected chi connectivity index (χ0v) is 18.4. The molecule has 0 aliphatic carbocycles. The molecule has 0 aliphatic heterocycles. The van der Waals surface area contributed by atoms with E-state index in [9.17, 15) is 21.6 Å². The number of amides is 2. The minimum absolute atomic E-state index is 0.0112. The Kier molecular flexibility index (Phi) is 6.44. The highest BCUT2D eigenvalue weighted by Gasteiger charge is 2.32. The van der Waals surface area contributed by atoms with E-state index in [0.29, 0.717) is 9.87 Å². The fourth-order valence-corrected chi connectivity index (χ4v) is 4.89. The van der Waals surface area contributed by atoms with Crippen molar-refractivity contribution >= 4 is 31.9 Å². The summed E-state index contributed by atoms with van der Waals surface area (Å²) in [5, 5.41) is 0. The van der Waals surface area contributed by atoms with Crippen LogP contribution >= 0.6 is 0 Å². The van der Waals surface area contributed by atoms with E-state index >= 15 is 0 Å². The van der Waals surface area contributed by atoms with Gasteiger partial charge in [-0.25, -0.2) is 13.2 Å². The third-order valence-electron chi connectivity index (χ3n) is 4.25. The molecule has 1 N–H and O–H groups in total. The van der Waals surface area contributed by atoms with Gasteiger partial charge in [-0.3, -0.25) is 0 Å². The lowest BCUT2D eigenvalue weighted by Gasteiger charge is -2.22. The van der Waals surface area contributed by atoms with Gasteiger partial charge in [-0.1, -0.05) is 48.0 Å². The molecular weight excluding hydrogens is 440 g/mol. The number of hydrogen-bond acceptors (Lipinski definition) is 6. The molecule has 0 saturated heterocycles. The van der Waals surface area contributed by atoms with Gasteiger partial charge in [-0.2, -0.15) is 18.2 Å². The maximum atomic E-state index is 13.2. The van der Waals surface area contributed by atoms with E-state index in [1.807, 2.05) is 0 Å². The van der Waals surface area contributed by atoms with E-state index in [4.69, 9.17) is 0 Å². The average molecular weight is 461 g/mol. The summed E-state index contributed by atoms with van der Waals surface area (Å²) in [5.41, 5.74) is 3.26. The molecular formula is C21H20N2O6S2. The molecule has 162 valence electrons. The van der Waals surface area contributed by atoms with Crippen LogP contribution in [-0.2, 0) is 24.4 Å². The van der Waals surface area contributed by atoms with Crippen molar-refractivity contribution in [3.8, 4) is 0 Å². The summed E-state index contributed by atoms with van der Waals surface area (Å²) in [6, 6.07) is 18.0. The smallest absolute Gasteiger partial charge is 0.245 e. The molecule has 0 saturated carbocycles. The summed E-state index contributed by atoms with van der Waals surface area (Å²) in [6.45, 7) is 3.49. The maximum Gasteiger partial charge on any atom is 0.361 e. The van der Waals surface area contributed by atoms with Crippen LogP contribution in [-0.4, -0.2) is 22.9 Å². The highest BCUT2D eigenvalue weighted by molar-refractivity contribution is 7.93. The third-order valence-corrected chi connectivity index (χ3v) is 7.11. The maximum absolute atomic E-state index is 13.2. The molecule has 0 bridgehead atoms. The molecule has 0 heterocycles. The molecule has 0 atom stereocenters. The predicted molar refractivity (Wildman–Crippen MR) is 115 cm³/mol. The zero-order valence-electron chi connectivity index (χ0n) is 16.7. The second kappa shape index (κ2) is 8.88. The Bertz CT molecular complexity index is 1290. The fourth-order valence-electron chi connectivity index (χ4n) is 2.70. The Labute approximate surface area is 181 Å². The van der Waals surface area contributed by atoms with Crippen molar-refractivity contribution in [3.63, 3.8) is 0 Å². The quantitative estimate of drug-likeness (QED) is 0.564. The first-order valence-corrected chi connectivity index (χ1v) is 11.9. The minimum atomic E-state index is -4.36. The second-order valence-electron chi connectivity index (χ2n) is 6.68. The first kappa shape index (κ1) is 22.5. The molecule has 3 aromatic carbocycles. The fraction of sp³-hybridized carbons (Fsp3) is 0.0952. The van der Waals surface area contributed by atoms with Crippen LogP contribution in [0.15, 0.2) is 88.7 Å². The van der Waals surface area contributed by atoms with E-state index in [-0.39, 0.29) is 15.5 Å². The van der Waals surface area contributed by atoms with Crippen molar-refractivity contribution < 1.29 is 25.9 Å². The first-order valence-electron chi connectivity index (χ1n) is 9.08. The van der Waals surface area contributed by atoms with Crippen LogP contribution in [0.25, 0.3) is 0 Å². The van der Waals surface area contributed by atoms with Crippen molar-refractivity contribution in [1.29, 1.82) is 0 Å². The lowest BCUT2D eigenvalue weighted by atomic mass is 10.2. The Balaban J connectivity index is 1.93. The number of benzene rings is 3. The lowest BCUT2D eigenvalue weighted by molar-refractivity contribution is 0.190. The number of nitrogens with one attached hydrogen (secondary N) is 1. The molecule has 10 heteroatoms. The lowest BCUT2D eigenvalue weighted by Crippen LogP contribution is -2.44. The minimum Gasteiger partial charge on any atom is -0.245 e. The van der Waals surface area contributed by atoms with E-state index in [1.54, 1.807) is 55.7 Å². The first-order chi connectivity index (χ1) is 14.6. The number of anilines is 1. The number of sulfonamides is 1. The Hall–Kier alpha value is -3.21. The summed E-state index contributed by atoms with van der Waals surface area (Å²) in [6.07, 6.45) is 0. The van der Waals surface area contributed by atoms with Crippen molar-refractivity contribution in [2.24, 2.45) is 0 Å². The van der Waals surface area contributed by atoms with Crippen molar-refractivity contribution in [1.82, 2.24) is 5.48 Å². The van der Waals surface area contributed by atoms with Crippen LogP contribution in [0.5, 0.6) is 0 Å². The molecule has 0 fully saturated rings. The number of carbonyl (C=O) groups excluding carboxylic acids is 1. The molecule has 0 unspecified atom stereocenters. The molecule has 3 aromatic rings. The largest absolute Gasteiger partial charge is 0.361 e. The molecule has 2 amide bonds. The Morgan fingerprint density at radius 3 is 2.03 bits per heavy atom. The SMILES string of the molecule is Cc1ccc(S(=O)(=O)N(C(=O)NOS(=O)(=O)c2cccc(C)c2)c2ccccc2)cc1. The van der Waals surface area contributed by atoms with Crippen LogP contribution in [0.1, 0.15) is 11.1 Å². The highest BCUT2D eigenvalue weighted by Crippen LogP contribution is 2.24. The topological polar surface area (TPSA) is 110 Å². The van der Waals surface area contributed by atoms with Gasteiger partial charge < -0.3 is 0 Å². The molecule has 31 heavy (non-hydrogen) atoms. The molecule has 3 rings (SSSR count). The number of urea groups is 1. The van der Waals surface area contributed by atoms with Gasteiger partial charge in [-0.15, -0.1) is 4.28 Å². The molecule has 0 aromatic heterocycles. The standard InChI is InChI=1S/C21H20N2O6S2/c1-16-11-13-19(14-12-16)30(25,26)23(18-8-4-3-5-9-18)21(24)22-29-31(27,28)20-10-6-7-17(2)15-20/h3-15H,1-2H3,(H,22,24). The number of para-hydroxylation sites is 1. The molecule has 0 radical (unpaired) electrons. The molecule has 8 nitrogen and oxygen atoms in total. The van der Waals surface area contributed by atoms with Crippen LogP contribution in [0.3, 0.4) is 0 Å². The number of hydroxylamine groups is 1. The van der Waals surface area contributed by atoms with Gasteiger partial charge in [0.05, 0.1) is 15.5 Å². The number of carbonyl (C=O) groups is 1. The van der Waals surface area contributed by atoms with E-state index in [1.165, 1.54) is 42.5 Å². The van der Waals surface area contributed by atoms with Gasteiger partial charge in [-0.05, 0) is 55.8 Å². The Morgan fingerprint density at radius 2 is 1.42 bits per heavy atom. The van der Waals surface area contributed by atoms with Crippen LogP contribution < -0.4 is 9.79 Å². The number of nitrogens with zero attached hydrogens (tertiary/aromatic N) is 1. The summed E-state index contributed by atoms with van der Waals surface area (Å²) in [5.74, 6) is 0. The summed E-state index contributed by atoms with van der Waals surface area (Å²) in [7, 11) is -8.73.